The first-order valence-electron chi connectivity index (χ1n) is 5.60. The predicted molar refractivity (Wildman–Crippen MR) is 70.9 cm³/mol. The Labute approximate surface area is 114 Å². The van der Waals surface area contributed by atoms with Crippen molar-refractivity contribution in [3.63, 3.8) is 0 Å². The van der Waals surface area contributed by atoms with Gasteiger partial charge in [0.15, 0.2) is 5.78 Å². The van der Waals surface area contributed by atoms with Gasteiger partial charge in [-0.2, -0.15) is 0 Å². The maximum atomic E-state index is 12.0. The van der Waals surface area contributed by atoms with Crippen molar-refractivity contribution in [1.29, 1.82) is 0 Å². The molecule has 0 saturated carbocycles. The van der Waals surface area contributed by atoms with Crippen LogP contribution < -0.4 is 4.74 Å². The Hall–Kier alpha value is -1.36. The predicted octanol–water partition coefficient (Wildman–Crippen LogP) is 2.98. The van der Waals surface area contributed by atoms with Crippen LogP contribution in [-0.2, 0) is 9.53 Å². The van der Waals surface area contributed by atoms with Gasteiger partial charge in [0, 0.05) is 10.9 Å². The van der Waals surface area contributed by atoms with Gasteiger partial charge >= 0.3 is 5.97 Å². The van der Waals surface area contributed by atoms with E-state index in [-0.39, 0.29) is 24.6 Å². The van der Waals surface area contributed by atoms with Crippen molar-refractivity contribution in [2.75, 3.05) is 13.7 Å². The second kappa shape index (κ2) is 7.16. The number of hydrogen-bond donors (Lipinski definition) is 0. The summed E-state index contributed by atoms with van der Waals surface area (Å²) in [6, 6.07) is 5.19. The average molecular weight is 315 g/mol. The highest BCUT2D eigenvalue weighted by atomic mass is 79.9. The molecule has 0 unspecified atom stereocenters. The van der Waals surface area contributed by atoms with Crippen molar-refractivity contribution >= 4 is 27.7 Å². The second-order valence-electron chi connectivity index (χ2n) is 3.57. The molecule has 0 N–H and O–H groups in total. The normalized spacial score (nSPS) is 9.94. The van der Waals surface area contributed by atoms with Crippen LogP contribution in [0.25, 0.3) is 0 Å². The summed E-state index contributed by atoms with van der Waals surface area (Å²) in [7, 11) is 1.51. The molecule has 0 radical (unpaired) electrons. The third kappa shape index (κ3) is 4.14. The van der Waals surface area contributed by atoms with E-state index in [1.807, 2.05) is 0 Å². The molecule has 1 aromatic carbocycles. The molecule has 0 aliphatic rings. The van der Waals surface area contributed by atoms with Crippen molar-refractivity contribution in [3.8, 4) is 5.75 Å². The van der Waals surface area contributed by atoms with E-state index in [0.29, 0.717) is 17.9 Å². The van der Waals surface area contributed by atoms with Gasteiger partial charge in [-0.15, -0.1) is 0 Å². The first kappa shape index (κ1) is 14.7. The fourth-order valence-corrected chi connectivity index (χ4v) is 1.84. The van der Waals surface area contributed by atoms with Crippen molar-refractivity contribution in [2.24, 2.45) is 0 Å². The molecule has 0 atom stereocenters. The highest BCUT2D eigenvalue weighted by molar-refractivity contribution is 9.10. The number of esters is 1. The Kier molecular flexibility index (Phi) is 5.85. The van der Waals surface area contributed by atoms with Crippen molar-refractivity contribution < 1.29 is 19.1 Å². The molecule has 0 spiro atoms. The molecule has 0 heterocycles. The molecule has 0 amide bonds. The van der Waals surface area contributed by atoms with E-state index in [0.717, 1.165) is 4.47 Å². The Morgan fingerprint density at radius 3 is 2.61 bits per heavy atom. The van der Waals surface area contributed by atoms with E-state index < -0.39 is 0 Å². The number of hydrogen-bond acceptors (Lipinski definition) is 4. The summed E-state index contributed by atoms with van der Waals surface area (Å²) in [6.07, 6.45) is 0.202. The summed E-state index contributed by atoms with van der Waals surface area (Å²) in [5.41, 5.74) is 0.469. The fraction of sp³-hybridized carbons (Fsp3) is 0.385. The molecule has 98 valence electrons. The van der Waals surface area contributed by atoms with Gasteiger partial charge in [-0.3, -0.25) is 9.59 Å². The lowest BCUT2D eigenvalue weighted by Gasteiger charge is -2.08. The van der Waals surface area contributed by atoms with Crippen LogP contribution in [0.3, 0.4) is 0 Å². The number of methoxy groups -OCH3 is 1. The Balaban J connectivity index is 2.71. The van der Waals surface area contributed by atoms with Crippen LogP contribution in [0.15, 0.2) is 22.7 Å². The first-order valence-corrected chi connectivity index (χ1v) is 6.40. The summed E-state index contributed by atoms with van der Waals surface area (Å²) in [5.74, 6) is 0.00748. The van der Waals surface area contributed by atoms with Crippen LogP contribution in [-0.4, -0.2) is 25.5 Å². The molecule has 0 fully saturated rings. The van der Waals surface area contributed by atoms with Crippen LogP contribution in [0.5, 0.6) is 5.75 Å². The van der Waals surface area contributed by atoms with Crippen LogP contribution in [0.2, 0.25) is 0 Å². The fourth-order valence-electron chi connectivity index (χ4n) is 1.48. The van der Waals surface area contributed by atoms with Gasteiger partial charge in [0.2, 0.25) is 0 Å². The molecule has 18 heavy (non-hydrogen) atoms. The SMILES string of the molecule is CCOC(=O)CCC(=O)c1cc(Br)ccc1OC. The lowest BCUT2D eigenvalue weighted by atomic mass is 10.1. The zero-order valence-electron chi connectivity index (χ0n) is 10.4. The van der Waals surface area contributed by atoms with E-state index in [1.165, 1.54) is 7.11 Å². The second-order valence-corrected chi connectivity index (χ2v) is 4.49. The summed E-state index contributed by atoms with van der Waals surface area (Å²) in [6.45, 7) is 2.06. The molecule has 0 aliphatic heterocycles. The lowest BCUT2D eigenvalue weighted by Crippen LogP contribution is -2.08. The van der Waals surface area contributed by atoms with Crippen LogP contribution >= 0.6 is 15.9 Å². The molecule has 4 nitrogen and oxygen atoms in total. The molecule has 0 bridgehead atoms. The van der Waals surface area contributed by atoms with Gasteiger partial charge in [-0.1, -0.05) is 15.9 Å². The van der Waals surface area contributed by atoms with E-state index in [2.05, 4.69) is 15.9 Å². The molecular weight excluding hydrogens is 300 g/mol. The molecular formula is C13H15BrO4. The highest BCUT2D eigenvalue weighted by Crippen LogP contribution is 2.24. The van der Waals surface area contributed by atoms with E-state index in [9.17, 15) is 9.59 Å². The zero-order chi connectivity index (χ0) is 13.5. The summed E-state index contributed by atoms with van der Waals surface area (Å²) in [5, 5.41) is 0. The molecule has 1 rings (SSSR count). The minimum Gasteiger partial charge on any atom is -0.496 e. The summed E-state index contributed by atoms with van der Waals surface area (Å²) >= 11 is 3.30. The molecule has 1 aromatic rings. The Morgan fingerprint density at radius 2 is 2.00 bits per heavy atom. The van der Waals surface area contributed by atoms with Crippen LogP contribution in [0, 0.1) is 0 Å². The maximum absolute atomic E-state index is 12.0. The number of ketones is 1. The standard InChI is InChI=1S/C13H15BrO4/c1-3-18-13(16)7-5-11(15)10-8-9(14)4-6-12(10)17-2/h4,6,8H,3,5,7H2,1-2H3. The monoisotopic (exact) mass is 314 g/mol. The minimum absolute atomic E-state index is 0.0857. The van der Waals surface area contributed by atoms with E-state index in [4.69, 9.17) is 9.47 Å². The number of Topliss-reactive ketones (excluding diaryl/α,β-unsaturated/α-hetero) is 1. The maximum Gasteiger partial charge on any atom is 0.306 e. The number of benzene rings is 1. The Bertz CT molecular complexity index is 443. The molecule has 5 heteroatoms. The molecule has 0 saturated heterocycles. The number of rotatable bonds is 6. The van der Waals surface area contributed by atoms with Gasteiger partial charge in [0.1, 0.15) is 5.75 Å². The van der Waals surface area contributed by atoms with Gasteiger partial charge in [0.25, 0.3) is 0 Å². The lowest BCUT2D eigenvalue weighted by molar-refractivity contribution is -0.143. The summed E-state index contributed by atoms with van der Waals surface area (Å²) in [4.78, 5) is 23.2. The van der Waals surface area contributed by atoms with Crippen molar-refractivity contribution in [3.05, 3.63) is 28.2 Å². The van der Waals surface area contributed by atoms with Gasteiger partial charge in [-0.25, -0.2) is 0 Å². The average Bonchev–Trinajstić information content (AvgIpc) is 2.36. The number of carbonyl (C=O) groups excluding carboxylic acids is 2. The number of halogens is 1. The molecule has 0 aromatic heterocycles. The third-order valence-electron chi connectivity index (χ3n) is 2.32. The van der Waals surface area contributed by atoms with Gasteiger partial charge < -0.3 is 9.47 Å². The minimum atomic E-state index is -0.361. The smallest absolute Gasteiger partial charge is 0.306 e. The Morgan fingerprint density at radius 1 is 1.28 bits per heavy atom. The summed E-state index contributed by atoms with van der Waals surface area (Å²) < 4.78 is 10.7. The van der Waals surface area contributed by atoms with Crippen molar-refractivity contribution in [1.82, 2.24) is 0 Å². The zero-order valence-corrected chi connectivity index (χ0v) is 12.0. The largest absolute Gasteiger partial charge is 0.496 e. The van der Waals surface area contributed by atoms with E-state index >= 15 is 0 Å². The van der Waals surface area contributed by atoms with Gasteiger partial charge in [0.05, 0.1) is 25.7 Å². The quantitative estimate of drug-likeness (QED) is 0.598. The number of ether oxygens (including phenoxy) is 2. The van der Waals surface area contributed by atoms with Gasteiger partial charge in [-0.05, 0) is 25.1 Å². The van der Waals surface area contributed by atoms with Crippen LogP contribution in [0.1, 0.15) is 30.1 Å². The highest BCUT2D eigenvalue weighted by Gasteiger charge is 2.14. The first-order chi connectivity index (χ1) is 8.58. The number of carbonyl (C=O) groups is 2. The molecule has 0 aliphatic carbocycles. The van der Waals surface area contributed by atoms with E-state index in [1.54, 1.807) is 25.1 Å². The third-order valence-corrected chi connectivity index (χ3v) is 2.82. The van der Waals surface area contributed by atoms with Crippen molar-refractivity contribution in [2.45, 2.75) is 19.8 Å². The topological polar surface area (TPSA) is 52.6 Å². The van der Waals surface area contributed by atoms with Crippen LogP contribution in [0.4, 0.5) is 0 Å².